The van der Waals surface area contributed by atoms with Gasteiger partial charge in [-0.15, -0.1) is 0 Å². The Kier molecular flexibility index (Phi) is 7.18. The molecule has 1 saturated carbocycles. The molecule has 132 valence electrons. The number of carbonyl (C=O) groups excluding carboxylic acids is 1. The van der Waals surface area contributed by atoms with Crippen molar-refractivity contribution < 1.29 is 9.53 Å². The maximum atomic E-state index is 11.6. The van der Waals surface area contributed by atoms with E-state index in [9.17, 15) is 4.79 Å². The minimum absolute atomic E-state index is 0.0538. The fraction of sp³-hybridized carbons (Fsp3) is 0.529. The predicted octanol–water partition coefficient (Wildman–Crippen LogP) is 2.53. The Morgan fingerprint density at radius 1 is 1.33 bits per heavy atom. The maximum absolute atomic E-state index is 11.6. The number of carbonyl (C=O) groups is 1. The van der Waals surface area contributed by atoms with Gasteiger partial charge in [-0.3, -0.25) is 4.99 Å². The molecule has 0 heterocycles. The van der Waals surface area contributed by atoms with E-state index in [1.165, 1.54) is 0 Å². The second kappa shape index (κ2) is 9.37. The minimum atomic E-state index is -0.361. The Hall–Kier alpha value is -1.95. The number of hydrogen-bond donors (Lipinski definition) is 3. The SMILES string of the molecule is CCOC(=O)NC(CNC(=NC)NCc1ccc(Cl)cc1)C1CC1. The van der Waals surface area contributed by atoms with Gasteiger partial charge in [0.2, 0.25) is 0 Å². The Balaban J connectivity index is 1.78. The molecule has 1 atom stereocenters. The molecule has 1 aromatic carbocycles. The van der Waals surface area contributed by atoms with Crippen molar-refractivity contribution in [2.45, 2.75) is 32.4 Å². The fourth-order valence-corrected chi connectivity index (χ4v) is 2.50. The van der Waals surface area contributed by atoms with Crippen LogP contribution in [-0.2, 0) is 11.3 Å². The van der Waals surface area contributed by atoms with Crippen LogP contribution in [-0.4, -0.2) is 38.3 Å². The maximum Gasteiger partial charge on any atom is 0.407 e. The van der Waals surface area contributed by atoms with E-state index in [1.54, 1.807) is 14.0 Å². The molecule has 1 aromatic rings. The summed E-state index contributed by atoms with van der Waals surface area (Å²) in [5, 5.41) is 10.2. The van der Waals surface area contributed by atoms with Crippen LogP contribution in [0.4, 0.5) is 4.79 Å². The molecule has 0 radical (unpaired) electrons. The third-order valence-corrected chi connectivity index (χ3v) is 4.11. The number of hydrogen-bond acceptors (Lipinski definition) is 3. The summed E-state index contributed by atoms with van der Waals surface area (Å²) in [6.07, 6.45) is 1.91. The standard InChI is InChI=1S/C17H25ClN4O2/c1-3-24-17(23)22-15(13-6-7-13)11-21-16(19-2)20-10-12-4-8-14(18)9-5-12/h4-5,8-9,13,15H,3,6-7,10-11H2,1-2H3,(H,22,23)(H2,19,20,21). The van der Waals surface area contributed by atoms with Gasteiger partial charge in [-0.05, 0) is 43.4 Å². The summed E-state index contributed by atoms with van der Waals surface area (Å²) in [5.74, 6) is 1.21. The average Bonchev–Trinajstić information content (AvgIpc) is 3.40. The summed E-state index contributed by atoms with van der Waals surface area (Å²) in [4.78, 5) is 15.8. The van der Waals surface area contributed by atoms with Crippen LogP contribution >= 0.6 is 11.6 Å². The van der Waals surface area contributed by atoms with Crippen molar-refractivity contribution in [3.05, 3.63) is 34.9 Å². The topological polar surface area (TPSA) is 74.8 Å². The zero-order chi connectivity index (χ0) is 17.4. The van der Waals surface area contributed by atoms with E-state index in [4.69, 9.17) is 16.3 Å². The molecule has 6 nitrogen and oxygen atoms in total. The van der Waals surface area contributed by atoms with Gasteiger partial charge in [-0.2, -0.15) is 0 Å². The molecule has 0 spiro atoms. The monoisotopic (exact) mass is 352 g/mol. The van der Waals surface area contributed by atoms with E-state index < -0.39 is 0 Å². The Morgan fingerprint density at radius 2 is 2.04 bits per heavy atom. The number of guanidine groups is 1. The van der Waals surface area contributed by atoms with Crippen LogP contribution in [0, 0.1) is 5.92 Å². The van der Waals surface area contributed by atoms with E-state index in [2.05, 4.69) is 20.9 Å². The van der Waals surface area contributed by atoms with Gasteiger partial charge in [-0.1, -0.05) is 23.7 Å². The normalized spacial score (nSPS) is 15.5. The summed E-state index contributed by atoms with van der Waals surface area (Å²) in [7, 11) is 1.72. The highest BCUT2D eigenvalue weighted by atomic mass is 35.5. The van der Waals surface area contributed by atoms with Crippen molar-refractivity contribution in [3.63, 3.8) is 0 Å². The van der Waals surface area contributed by atoms with Gasteiger partial charge in [0.1, 0.15) is 0 Å². The first-order chi connectivity index (χ1) is 11.6. The highest BCUT2D eigenvalue weighted by molar-refractivity contribution is 6.30. The highest BCUT2D eigenvalue weighted by Crippen LogP contribution is 2.32. The van der Waals surface area contributed by atoms with Gasteiger partial charge >= 0.3 is 6.09 Å². The van der Waals surface area contributed by atoms with E-state index in [1.807, 2.05) is 24.3 Å². The summed E-state index contributed by atoms with van der Waals surface area (Å²) in [5.41, 5.74) is 1.12. The molecule has 0 aliphatic heterocycles. The second-order valence-electron chi connectivity index (χ2n) is 5.74. The first kappa shape index (κ1) is 18.4. The number of halogens is 1. The van der Waals surface area contributed by atoms with Crippen molar-refractivity contribution in [2.24, 2.45) is 10.9 Å². The van der Waals surface area contributed by atoms with Gasteiger partial charge in [0.05, 0.1) is 12.6 Å². The molecule has 1 fully saturated rings. The van der Waals surface area contributed by atoms with Crippen LogP contribution < -0.4 is 16.0 Å². The molecule has 0 saturated heterocycles. The zero-order valence-corrected chi connectivity index (χ0v) is 14.9. The molecular formula is C17H25ClN4O2. The van der Waals surface area contributed by atoms with E-state index in [0.29, 0.717) is 31.6 Å². The number of rotatable bonds is 7. The molecule has 1 aliphatic rings. The molecule has 24 heavy (non-hydrogen) atoms. The van der Waals surface area contributed by atoms with Gasteiger partial charge in [0, 0.05) is 25.2 Å². The van der Waals surface area contributed by atoms with Gasteiger partial charge in [0.15, 0.2) is 5.96 Å². The summed E-state index contributed by atoms with van der Waals surface area (Å²) in [6, 6.07) is 7.72. The van der Waals surface area contributed by atoms with Crippen LogP contribution in [0.3, 0.4) is 0 Å². The summed E-state index contributed by atoms with van der Waals surface area (Å²) in [6.45, 7) is 3.44. The molecular weight excluding hydrogens is 328 g/mol. The molecule has 1 amide bonds. The number of amides is 1. The number of nitrogens with one attached hydrogen (secondary N) is 3. The number of ether oxygens (including phenoxy) is 1. The van der Waals surface area contributed by atoms with Crippen LogP contribution in [0.5, 0.6) is 0 Å². The van der Waals surface area contributed by atoms with Crippen LogP contribution in [0.1, 0.15) is 25.3 Å². The second-order valence-corrected chi connectivity index (χ2v) is 6.18. The van der Waals surface area contributed by atoms with Gasteiger partial charge in [0.25, 0.3) is 0 Å². The number of alkyl carbamates (subject to hydrolysis) is 1. The van der Waals surface area contributed by atoms with Crippen molar-refractivity contribution in [1.82, 2.24) is 16.0 Å². The van der Waals surface area contributed by atoms with Crippen LogP contribution in [0.25, 0.3) is 0 Å². The molecule has 2 rings (SSSR count). The van der Waals surface area contributed by atoms with Crippen LogP contribution in [0.2, 0.25) is 5.02 Å². The van der Waals surface area contributed by atoms with Crippen molar-refractivity contribution in [1.29, 1.82) is 0 Å². The lowest BCUT2D eigenvalue weighted by Gasteiger charge is -2.20. The summed E-state index contributed by atoms with van der Waals surface area (Å²) >= 11 is 5.88. The lowest BCUT2D eigenvalue weighted by Crippen LogP contribution is -2.48. The van der Waals surface area contributed by atoms with Crippen molar-refractivity contribution >= 4 is 23.7 Å². The number of benzene rings is 1. The predicted molar refractivity (Wildman–Crippen MR) is 96.3 cm³/mol. The first-order valence-electron chi connectivity index (χ1n) is 8.24. The molecule has 1 aliphatic carbocycles. The third-order valence-electron chi connectivity index (χ3n) is 3.86. The largest absolute Gasteiger partial charge is 0.450 e. The lowest BCUT2D eigenvalue weighted by atomic mass is 10.2. The highest BCUT2D eigenvalue weighted by Gasteiger charge is 2.32. The van der Waals surface area contributed by atoms with Crippen LogP contribution in [0.15, 0.2) is 29.3 Å². The minimum Gasteiger partial charge on any atom is -0.450 e. The molecule has 1 unspecified atom stereocenters. The molecule has 0 aromatic heterocycles. The molecule has 7 heteroatoms. The lowest BCUT2D eigenvalue weighted by molar-refractivity contribution is 0.146. The smallest absolute Gasteiger partial charge is 0.407 e. The average molecular weight is 353 g/mol. The van der Waals surface area contributed by atoms with Crippen molar-refractivity contribution in [2.75, 3.05) is 20.2 Å². The van der Waals surface area contributed by atoms with E-state index in [-0.39, 0.29) is 12.1 Å². The fourth-order valence-electron chi connectivity index (χ4n) is 2.37. The Labute approximate surface area is 148 Å². The summed E-state index contributed by atoms with van der Waals surface area (Å²) < 4.78 is 4.96. The Bertz CT molecular complexity index is 558. The Morgan fingerprint density at radius 3 is 2.62 bits per heavy atom. The molecule has 3 N–H and O–H groups in total. The van der Waals surface area contributed by atoms with E-state index in [0.717, 1.165) is 23.4 Å². The quantitative estimate of drug-likeness (QED) is 0.520. The third kappa shape index (κ3) is 6.28. The zero-order valence-electron chi connectivity index (χ0n) is 14.1. The number of aliphatic imine (C=N–C) groups is 1. The molecule has 0 bridgehead atoms. The van der Waals surface area contributed by atoms with Gasteiger partial charge in [-0.25, -0.2) is 4.79 Å². The van der Waals surface area contributed by atoms with Crippen molar-refractivity contribution in [3.8, 4) is 0 Å². The van der Waals surface area contributed by atoms with E-state index >= 15 is 0 Å². The number of nitrogens with zero attached hydrogens (tertiary/aromatic N) is 1. The van der Waals surface area contributed by atoms with Gasteiger partial charge < -0.3 is 20.7 Å². The first-order valence-corrected chi connectivity index (χ1v) is 8.62.